The lowest BCUT2D eigenvalue weighted by Crippen LogP contribution is -2.27. The van der Waals surface area contributed by atoms with Gasteiger partial charge < -0.3 is 5.32 Å². The fraction of sp³-hybridized carbons (Fsp3) is 0.769. The van der Waals surface area contributed by atoms with Crippen LogP contribution in [0, 0.1) is 5.92 Å². The summed E-state index contributed by atoms with van der Waals surface area (Å²) in [7, 11) is 0. The summed E-state index contributed by atoms with van der Waals surface area (Å²) in [5, 5.41) is 7.82. The number of nitrogens with one attached hydrogen (secondary N) is 1. The number of nitrogens with zero attached hydrogens (tertiary/aromatic N) is 2. The highest BCUT2D eigenvalue weighted by molar-refractivity contribution is 5.00. The van der Waals surface area contributed by atoms with E-state index in [0.29, 0.717) is 6.04 Å². The molecule has 0 saturated carbocycles. The zero-order chi connectivity index (χ0) is 12.0. The third kappa shape index (κ3) is 4.35. The molecule has 0 aliphatic heterocycles. The molecule has 0 amide bonds. The summed E-state index contributed by atoms with van der Waals surface area (Å²) >= 11 is 0. The van der Waals surface area contributed by atoms with Gasteiger partial charge in [0.1, 0.15) is 0 Å². The second-order valence-corrected chi connectivity index (χ2v) is 4.89. The van der Waals surface area contributed by atoms with E-state index in [1.54, 1.807) is 0 Å². The first-order valence-electron chi connectivity index (χ1n) is 6.37. The van der Waals surface area contributed by atoms with Crippen LogP contribution in [0.5, 0.6) is 0 Å². The van der Waals surface area contributed by atoms with Crippen molar-refractivity contribution in [3.8, 4) is 0 Å². The molecule has 3 heteroatoms. The van der Waals surface area contributed by atoms with Crippen LogP contribution >= 0.6 is 0 Å². The van der Waals surface area contributed by atoms with Crippen LogP contribution in [0.3, 0.4) is 0 Å². The highest BCUT2D eigenvalue weighted by atomic mass is 15.3. The summed E-state index contributed by atoms with van der Waals surface area (Å²) in [6.07, 6.45) is 4.42. The zero-order valence-electron chi connectivity index (χ0n) is 11.0. The maximum Gasteiger partial charge on any atom is 0.0522 e. The Morgan fingerprint density at radius 3 is 2.69 bits per heavy atom. The van der Waals surface area contributed by atoms with E-state index in [2.05, 4.69) is 44.2 Å². The number of hydrogen-bond donors (Lipinski definition) is 1. The second kappa shape index (κ2) is 6.69. The van der Waals surface area contributed by atoms with E-state index in [-0.39, 0.29) is 0 Å². The van der Waals surface area contributed by atoms with E-state index in [9.17, 15) is 0 Å². The molecule has 16 heavy (non-hydrogen) atoms. The van der Waals surface area contributed by atoms with Gasteiger partial charge in [0, 0.05) is 25.3 Å². The van der Waals surface area contributed by atoms with Crippen LogP contribution in [0.25, 0.3) is 0 Å². The minimum Gasteiger partial charge on any atom is -0.309 e. The molecular formula is C13H25N3. The van der Waals surface area contributed by atoms with Crippen molar-refractivity contribution in [1.82, 2.24) is 15.1 Å². The lowest BCUT2D eigenvalue weighted by molar-refractivity contribution is 0.442. The summed E-state index contributed by atoms with van der Waals surface area (Å²) in [6, 6.07) is 2.67. The number of hydrogen-bond acceptors (Lipinski definition) is 2. The van der Waals surface area contributed by atoms with Crippen LogP contribution in [0.1, 0.15) is 46.2 Å². The predicted octanol–water partition coefficient (Wildman–Crippen LogP) is 2.82. The molecule has 1 aromatic rings. The summed E-state index contributed by atoms with van der Waals surface area (Å²) in [6.45, 7) is 10.8. The maximum atomic E-state index is 4.26. The Morgan fingerprint density at radius 2 is 2.06 bits per heavy atom. The van der Waals surface area contributed by atoms with Gasteiger partial charge in [-0.05, 0) is 38.7 Å². The van der Waals surface area contributed by atoms with E-state index in [1.165, 1.54) is 18.5 Å². The van der Waals surface area contributed by atoms with Crippen molar-refractivity contribution in [2.75, 3.05) is 0 Å². The highest BCUT2D eigenvalue weighted by Crippen LogP contribution is 2.07. The molecule has 0 aliphatic rings. The van der Waals surface area contributed by atoms with Crippen molar-refractivity contribution in [1.29, 1.82) is 0 Å². The molecule has 1 unspecified atom stereocenters. The molecule has 0 fully saturated rings. The van der Waals surface area contributed by atoms with E-state index in [0.717, 1.165) is 19.0 Å². The molecule has 1 atom stereocenters. The predicted molar refractivity (Wildman–Crippen MR) is 68.3 cm³/mol. The first-order valence-corrected chi connectivity index (χ1v) is 6.37. The van der Waals surface area contributed by atoms with E-state index in [1.807, 2.05) is 10.9 Å². The first-order chi connectivity index (χ1) is 7.63. The van der Waals surface area contributed by atoms with Crippen molar-refractivity contribution in [3.05, 3.63) is 18.0 Å². The van der Waals surface area contributed by atoms with E-state index in [4.69, 9.17) is 0 Å². The molecule has 0 bridgehead atoms. The van der Waals surface area contributed by atoms with Gasteiger partial charge in [-0.3, -0.25) is 4.68 Å². The molecule has 1 heterocycles. The summed E-state index contributed by atoms with van der Waals surface area (Å²) in [5.41, 5.74) is 1.28. The topological polar surface area (TPSA) is 29.9 Å². The molecule has 0 aromatic carbocycles. The molecule has 3 nitrogen and oxygen atoms in total. The Kier molecular flexibility index (Phi) is 5.53. The van der Waals surface area contributed by atoms with E-state index < -0.39 is 0 Å². The van der Waals surface area contributed by atoms with Crippen molar-refractivity contribution < 1.29 is 0 Å². The van der Waals surface area contributed by atoms with Gasteiger partial charge in [-0.1, -0.05) is 13.8 Å². The monoisotopic (exact) mass is 223 g/mol. The molecule has 0 radical (unpaired) electrons. The Bertz CT molecular complexity index is 291. The Labute approximate surface area is 99.2 Å². The quantitative estimate of drug-likeness (QED) is 0.770. The van der Waals surface area contributed by atoms with Gasteiger partial charge in [0.05, 0.1) is 5.69 Å². The van der Waals surface area contributed by atoms with Gasteiger partial charge in [0.15, 0.2) is 0 Å². The number of aryl methyl sites for hydroxylation is 1. The fourth-order valence-corrected chi connectivity index (χ4v) is 1.76. The number of rotatable bonds is 7. The van der Waals surface area contributed by atoms with Crippen molar-refractivity contribution in [3.63, 3.8) is 0 Å². The molecular weight excluding hydrogens is 198 g/mol. The Hall–Kier alpha value is -0.830. The summed E-state index contributed by atoms with van der Waals surface area (Å²) in [4.78, 5) is 0. The smallest absolute Gasteiger partial charge is 0.0522 e. The molecule has 0 spiro atoms. The van der Waals surface area contributed by atoms with Gasteiger partial charge in [0.2, 0.25) is 0 Å². The normalized spacial score (nSPS) is 13.3. The van der Waals surface area contributed by atoms with Gasteiger partial charge in [-0.15, -0.1) is 0 Å². The van der Waals surface area contributed by atoms with Crippen molar-refractivity contribution in [2.45, 2.75) is 59.7 Å². The summed E-state index contributed by atoms with van der Waals surface area (Å²) in [5.74, 6) is 0.797. The largest absolute Gasteiger partial charge is 0.309 e. The zero-order valence-corrected chi connectivity index (χ0v) is 11.0. The van der Waals surface area contributed by atoms with Crippen LogP contribution in [0.2, 0.25) is 0 Å². The standard InChI is InChI=1S/C13H25N3/c1-5-16-13(8-9-15-16)10-14-12(4)7-6-11(2)3/h8-9,11-12,14H,5-7,10H2,1-4H3. The van der Waals surface area contributed by atoms with Crippen molar-refractivity contribution >= 4 is 0 Å². The average molecular weight is 223 g/mol. The molecule has 92 valence electrons. The maximum absolute atomic E-state index is 4.26. The third-order valence-corrected chi connectivity index (χ3v) is 2.91. The highest BCUT2D eigenvalue weighted by Gasteiger charge is 2.05. The minimum atomic E-state index is 0.586. The molecule has 0 saturated heterocycles. The SMILES string of the molecule is CCn1nccc1CNC(C)CCC(C)C. The average Bonchev–Trinajstić information content (AvgIpc) is 2.70. The van der Waals surface area contributed by atoms with Gasteiger partial charge >= 0.3 is 0 Å². The Balaban J connectivity index is 2.28. The van der Waals surface area contributed by atoms with E-state index >= 15 is 0 Å². The van der Waals surface area contributed by atoms with Crippen LogP contribution in [0.4, 0.5) is 0 Å². The summed E-state index contributed by atoms with van der Waals surface area (Å²) < 4.78 is 2.04. The minimum absolute atomic E-state index is 0.586. The molecule has 0 aliphatic carbocycles. The van der Waals surface area contributed by atoms with Gasteiger partial charge in [-0.2, -0.15) is 5.10 Å². The lowest BCUT2D eigenvalue weighted by atomic mass is 10.0. The second-order valence-electron chi connectivity index (χ2n) is 4.89. The molecule has 1 aromatic heterocycles. The van der Waals surface area contributed by atoms with Crippen molar-refractivity contribution in [2.24, 2.45) is 5.92 Å². The van der Waals surface area contributed by atoms with Crippen LogP contribution in [-0.2, 0) is 13.1 Å². The Morgan fingerprint density at radius 1 is 1.31 bits per heavy atom. The fourth-order valence-electron chi connectivity index (χ4n) is 1.76. The lowest BCUT2D eigenvalue weighted by Gasteiger charge is -2.15. The van der Waals surface area contributed by atoms with Crippen LogP contribution in [-0.4, -0.2) is 15.8 Å². The number of aromatic nitrogens is 2. The van der Waals surface area contributed by atoms with Crippen LogP contribution in [0.15, 0.2) is 12.3 Å². The molecule has 1 rings (SSSR count). The first kappa shape index (κ1) is 13.2. The van der Waals surface area contributed by atoms with Crippen LogP contribution < -0.4 is 5.32 Å². The molecule has 1 N–H and O–H groups in total. The van der Waals surface area contributed by atoms with Gasteiger partial charge in [-0.25, -0.2) is 0 Å². The van der Waals surface area contributed by atoms with Gasteiger partial charge in [0.25, 0.3) is 0 Å². The third-order valence-electron chi connectivity index (χ3n) is 2.91.